The lowest BCUT2D eigenvalue weighted by atomic mass is 10.1. The molecular formula is C11H15NO4S. The van der Waals surface area contributed by atoms with Gasteiger partial charge >= 0.3 is 5.97 Å². The van der Waals surface area contributed by atoms with Gasteiger partial charge in [-0.3, -0.25) is 0 Å². The van der Waals surface area contributed by atoms with Gasteiger partial charge in [-0.1, -0.05) is 6.07 Å². The average molecular weight is 257 g/mol. The molecule has 6 heteroatoms. The Morgan fingerprint density at radius 3 is 2.82 bits per heavy atom. The standard InChI is InChI=1S/C11H15NO4S/c1-16-11(15)8-4-2-3-7(12-8)10(14)9(13)5-6-17/h2-4,9-10,13-14,17H,5-6H2,1H3. The van der Waals surface area contributed by atoms with E-state index in [1.165, 1.54) is 13.2 Å². The summed E-state index contributed by atoms with van der Waals surface area (Å²) in [7, 11) is 1.25. The molecule has 17 heavy (non-hydrogen) atoms. The molecule has 0 aliphatic carbocycles. The lowest BCUT2D eigenvalue weighted by Crippen LogP contribution is -2.20. The summed E-state index contributed by atoms with van der Waals surface area (Å²) < 4.78 is 4.52. The van der Waals surface area contributed by atoms with Crippen LogP contribution in [-0.4, -0.2) is 40.1 Å². The first-order valence-corrected chi connectivity index (χ1v) is 5.75. The van der Waals surface area contributed by atoms with Crippen LogP contribution in [0.1, 0.15) is 28.7 Å². The van der Waals surface area contributed by atoms with E-state index in [1.54, 1.807) is 12.1 Å². The first kappa shape index (κ1) is 14.0. The molecule has 5 nitrogen and oxygen atoms in total. The average Bonchev–Trinajstić information content (AvgIpc) is 2.37. The minimum absolute atomic E-state index is 0.0992. The lowest BCUT2D eigenvalue weighted by Gasteiger charge is -2.16. The van der Waals surface area contributed by atoms with E-state index in [2.05, 4.69) is 22.3 Å². The third-order valence-corrected chi connectivity index (χ3v) is 2.52. The summed E-state index contributed by atoms with van der Waals surface area (Å²) in [6.45, 7) is 0. The van der Waals surface area contributed by atoms with Crippen LogP contribution < -0.4 is 0 Å². The molecule has 2 unspecified atom stereocenters. The van der Waals surface area contributed by atoms with Crippen LogP contribution in [0.2, 0.25) is 0 Å². The maximum atomic E-state index is 11.2. The number of rotatable bonds is 5. The summed E-state index contributed by atoms with van der Waals surface area (Å²) >= 11 is 3.97. The van der Waals surface area contributed by atoms with Gasteiger partial charge in [-0.2, -0.15) is 12.6 Å². The molecule has 1 aromatic rings. The van der Waals surface area contributed by atoms with Gasteiger partial charge < -0.3 is 14.9 Å². The number of hydrogen-bond acceptors (Lipinski definition) is 6. The Morgan fingerprint density at radius 2 is 2.24 bits per heavy atom. The number of aromatic nitrogens is 1. The van der Waals surface area contributed by atoms with Gasteiger partial charge in [-0.15, -0.1) is 0 Å². The number of thiol groups is 1. The molecule has 1 heterocycles. The number of methoxy groups -OCH3 is 1. The summed E-state index contributed by atoms with van der Waals surface area (Å²) in [5.74, 6) is -0.128. The van der Waals surface area contributed by atoms with Crippen molar-refractivity contribution in [1.82, 2.24) is 4.98 Å². The minimum Gasteiger partial charge on any atom is -0.464 e. The van der Waals surface area contributed by atoms with Crippen LogP contribution in [0.25, 0.3) is 0 Å². The quantitative estimate of drug-likeness (QED) is 0.531. The van der Waals surface area contributed by atoms with E-state index < -0.39 is 18.2 Å². The van der Waals surface area contributed by atoms with Crippen molar-refractivity contribution in [2.24, 2.45) is 0 Å². The Kier molecular flexibility index (Phi) is 5.40. The maximum Gasteiger partial charge on any atom is 0.356 e. The first-order valence-electron chi connectivity index (χ1n) is 5.12. The molecule has 0 aliphatic rings. The number of pyridine rings is 1. The summed E-state index contributed by atoms with van der Waals surface area (Å²) in [6, 6.07) is 4.59. The second kappa shape index (κ2) is 6.58. The highest BCUT2D eigenvalue weighted by Crippen LogP contribution is 2.17. The van der Waals surface area contributed by atoms with E-state index in [0.29, 0.717) is 12.2 Å². The molecule has 0 saturated carbocycles. The Balaban J connectivity index is 2.87. The van der Waals surface area contributed by atoms with Crippen molar-refractivity contribution in [3.8, 4) is 0 Å². The molecule has 0 bridgehead atoms. The highest BCUT2D eigenvalue weighted by Gasteiger charge is 2.20. The van der Waals surface area contributed by atoms with Crippen molar-refractivity contribution in [3.63, 3.8) is 0 Å². The topological polar surface area (TPSA) is 79.7 Å². The van der Waals surface area contributed by atoms with Gasteiger partial charge in [0.2, 0.25) is 0 Å². The zero-order valence-electron chi connectivity index (χ0n) is 9.41. The predicted octanol–water partition coefficient (Wildman–Crippen LogP) is 0.582. The van der Waals surface area contributed by atoms with Crippen LogP contribution in [0.15, 0.2) is 18.2 Å². The first-order chi connectivity index (χ1) is 8.10. The number of aliphatic hydroxyl groups is 2. The van der Waals surface area contributed by atoms with Crippen LogP contribution in [0, 0.1) is 0 Å². The van der Waals surface area contributed by atoms with Gasteiger partial charge in [0.05, 0.1) is 18.9 Å². The van der Waals surface area contributed by atoms with E-state index in [0.717, 1.165) is 0 Å². The molecule has 0 aliphatic heterocycles. The molecule has 1 aromatic heterocycles. The van der Waals surface area contributed by atoms with Gasteiger partial charge in [-0.05, 0) is 24.3 Å². The van der Waals surface area contributed by atoms with Crippen molar-refractivity contribution < 1.29 is 19.7 Å². The highest BCUT2D eigenvalue weighted by atomic mass is 32.1. The van der Waals surface area contributed by atoms with Crippen LogP contribution in [0.4, 0.5) is 0 Å². The summed E-state index contributed by atoms with van der Waals surface area (Å²) in [5, 5.41) is 19.4. The van der Waals surface area contributed by atoms with Crippen LogP contribution >= 0.6 is 12.6 Å². The minimum atomic E-state index is -1.13. The maximum absolute atomic E-state index is 11.2. The van der Waals surface area contributed by atoms with Gasteiger partial charge in [0, 0.05) is 0 Å². The third-order valence-electron chi connectivity index (χ3n) is 2.26. The second-order valence-electron chi connectivity index (χ2n) is 3.46. The number of hydrogen-bond donors (Lipinski definition) is 3. The van der Waals surface area contributed by atoms with Crippen LogP contribution in [0.5, 0.6) is 0 Å². The zero-order valence-corrected chi connectivity index (χ0v) is 10.3. The van der Waals surface area contributed by atoms with E-state index in [4.69, 9.17) is 0 Å². The number of aliphatic hydroxyl groups excluding tert-OH is 2. The fraction of sp³-hybridized carbons (Fsp3) is 0.455. The Hall–Kier alpha value is -1.11. The van der Waals surface area contributed by atoms with E-state index in [1.807, 2.05) is 0 Å². The largest absolute Gasteiger partial charge is 0.464 e. The van der Waals surface area contributed by atoms with Gasteiger partial charge in [0.1, 0.15) is 11.8 Å². The summed E-state index contributed by atoms with van der Waals surface area (Å²) in [6.07, 6.45) is -1.74. The molecule has 0 saturated heterocycles. The molecule has 0 spiro atoms. The van der Waals surface area contributed by atoms with Gasteiger partial charge in [-0.25, -0.2) is 9.78 Å². The Labute approximate surface area is 105 Å². The Morgan fingerprint density at radius 1 is 1.53 bits per heavy atom. The third kappa shape index (κ3) is 3.69. The Bertz CT molecular complexity index is 385. The zero-order chi connectivity index (χ0) is 12.8. The molecule has 1 rings (SSSR count). The number of carbonyl (C=O) groups excluding carboxylic acids is 1. The number of esters is 1. The number of nitrogens with zero attached hydrogens (tertiary/aromatic N) is 1. The fourth-order valence-corrected chi connectivity index (χ4v) is 1.59. The normalized spacial score (nSPS) is 14.1. The SMILES string of the molecule is COC(=O)c1cccc(C(O)C(O)CCS)n1. The molecular weight excluding hydrogens is 242 g/mol. The second-order valence-corrected chi connectivity index (χ2v) is 3.91. The molecule has 0 amide bonds. The number of ether oxygens (including phenoxy) is 1. The van der Waals surface area contributed by atoms with E-state index >= 15 is 0 Å². The van der Waals surface area contributed by atoms with Crippen molar-refractivity contribution in [2.75, 3.05) is 12.9 Å². The van der Waals surface area contributed by atoms with Crippen LogP contribution in [-0.2, 0) is 4.74 Å². The summed E-state index contributed by atoms with van der Waals surface area (Å²) in [4.78, 5) is 15.2. The van der Waals surface area contributed by atoms with Crippen molar-refractivity contribution in [3.05, 3.63) is 29.6 Å². The number of carbonyl (C=O) groups is 1. The molecule has 0 aromatic carbocycles. The van der Waals surface area contributed by atoms with E-state index in [9.17, 15) is 15.0 Å². The smallest absolute Gasteiger partial charge is 0.356 e. The van der Waals surface area contributed by atoms with Gasteiger partial charge in [0.25, 0.3) is 0 Å². The fourth-order valence-electron chi connectivity index (χ4n) is 1.32. The van der Waals surface area contributed by atoms with Crippen LogP contribution in [0.3, 0.4) is 0 Å². The van der Waals surface area contributed by atoms with E-state index in [-0.39, 0.29) is 11.4 Å². The predicted molar refractivity (Wildman–Crippen MR) is 65.0 cm³/mol. The van der Waals surface area contributed by atoms with Crippen molar-refractivity contribution >= 4 is 18.6 Å². The van der Waals surface area contributed by atoms with Crippen molar-refractivity contribution in [1.29, 1.82) is 0 Å². The summed E-state index contributed by atoms with van der Waals surface area (Å²) in [5.41, 5.74) is 0.337. The molecule has 2 atom stereocenters. The molecule has 0 fully saturated rings. The molecule has 0 radical (unpaired) electrons. The van der Waals surface area contributed by atoms with Crippen molar-refractivity contribution in [2.45, 2.75) is 18.6 Å². The highest BCUT2D eigenvalue weighted by molar-refractivity contribution is 7.80. The molecule has 94 valence electrons. The monoisotopic (exact) mass is 257 g/mol. The molecule has 2 N–H and O–H groups in total. The lowest BCUT2D eigenvalue weighted by molar-refractivity contribution is 0.0144. The van der Waals surface area contributed by atoms with Gasteiger partial charge in [0.15, 0.2) is 0 Å².